The Morgan fingerprint density at radius 1 is 0.952 bits per heavy atom. The molecule has 2 fully saturated rings. The van der Waals surface area contributed by atoms with E-state index in [9.17, 15) is 9.59 Å². The largest absolute Gasteiger partial charge is 0.371 e. The van der Waals surface area contributed by atoms with Crippen molar-refractivity contribution in [2.24, 2.45) is 10.8 Å². The minimum atomic E-state index is -0.242. The van der Waals surface area contributed by atoms with Crippen LogP contribution < -0.4 is 15.5 Å². The lowest BCUT2D eigenvalue weighted by Crippen LogP contribution is -2.48. The maximum Gasteiger partial charge on any atom is 0.315 e. The van der Waals surface area contributed by atoms with E-state index >= 15 is 0 Å². The molecule has 0 saturated carbocycles. The van der Waals surface area contributed by atoms with Crippen molar-refractivity contribution < 1.29 is 9.59 Å². The van der Waals surface area contributed by atoms with Crippen molar-refractivity contribution in [3.63, 3.8) is 0 Å². The molecule has 3 aromatic rings. The summed E-state index contributed by atoms with van der Waals surface area (Å²) in [6, 6.07) is 17.3. The summed E-state index contributed by atoms with van der Waals surface area (Å²) in [6.07, 6.45) is 9.00. The number of carbonyl (C=O) groups is 2. The Morgan fingerprint density at radius 2 is 1.64 bits per heavy atom. The summed E-state index contributed by atoms with van der Waals surface area (Å²) in [5.41, 5.74) is 5.21. The molecule has 1 aromatic heterocycles. The predicted molar refractivity (Wildman–Crippen MR) is 167 cm³/mol. The Labute approximate surface area is 253 Å². The fraction of sp³-hybridized carbons (Fsp3) is 0.441. The highest BCUT2D eigenvalue weighted by molar-refractivity contribution is 6.31. The normalized spacial score (nSPS) is 20.7. The van der Waals surface area contributed by atoms with Crippen LogP contribution in [0.25, 0.3) is 0 Å². The van der Waals surface area contributed by atoms with E-state index in [1.807, 2.05) is 53.7 Å². The number of carbonyl (C=O) groups excluding carboxylic acids is 2. The topological polar surface area (TPSA) is 77.6 Å². The van der Waals surface area contributed by atoms with E-state index in [2.05, 4.69) is 52.6 Å². The van der Waals surface area contributed by atoms with Gasteiger partial charge in [-0.2, -0.15) is 0 Å². The smallest absolute Gasteiger partial charge is 0.315 e. The summed E-state index contributed by atoms with van der Waals surface area (Å²) in [5.74, 6) is 0.0912. The third kappa shape index (κ3) is 5.84. The fourth-order valence-corrected chi connectivity index (χ4v) is 7.31. The number of anilines is 1. The molecule has 220 valence electrons. The number of aromatic nitrogens is 1. The lowest BCUT2D eigenvalue weighted by atomic mass is 9.71. The molecule has 42 heavy (non-hydrogen) atoms. The highest BCUT2D eigenvalue weighted by atomic mass is 35.5. The third-order valence-electron chi connectivity index (χ3n) is 9.77. The van der Waals surface area contributed by atoms with Crippen molar-refractivity contribution in [1.29, 1.82) is 0 Å². The van der Waals surface area contributed by atoms with Crippen LogP contribution in [0.15, 0.2) is 67.0 Å². The standard InChI is InChI=1S/C34H40ClN5O2/c1-33(2)22-25-8-7-24(21-28(25)30(33)38-32(42)37-23-26-5-3-4-6-29(26)35)31(41)40-19-13-34(14-20-40)11-17-39(18-12-34)27-9-15-36-16-10-27/h3-10,15-16,21,30H,11-14,17-20,22-23H2,1-2H3,(H2,37,38,42). The first-order valence-corrected chi connectivity index (χ1v) is 15.5. The molecule has 1 aliphatic carbocycles. The van der Waals surface area contributed by atoms with Crippen LogP contribution in [0, 0.1) is 10.8 Å². The number of urea groups is 1. The molecule has 3 amide bonds. The number of pyridine rings is 1. The second-order valence-electron chi connectivity index (χ2n) is 12.9. The number of nitrogens with zero attached hydrogens (tertiary/aromatic N) is 3. The Hall–Kier alpha value is -3.58. The van der Waals surface area contributed by atoms with Gasteiger partial charge in [0.1, 0.15) is 0 Å². The first kappa shape index (κ1) is 28.5. The number of piperidine rings is 2. The van der Waals surface area contributed by atoms with Crippen LogP contribution in [0.1, 0.15) is 72.6 Å². The van der Waals surface area contributed by atoms with Gasteiger partial charge in [0.25, 0.3) is 5.91 Å². The average molecular weight is 586 g/mol. The lowest BCUT2D eigenvalue weighted by Gasteiger charge is -2.47. The van der Waals surface area contributed by atoms with Gasteiger partial charge in [-0.25, -0.2) is 4.79 Å². The molecule has 2 saturated heterocycles. The van der Waals surface area contributed by atoms with Gasteiger partial charge in [0.2, 0.25) is 0 Å². The molecule has 2 aromatic carbocycles. The van der Waals surface area contributed by atoms with E-state index in [4.69, 9.17) is 11.6 Å². The number of hydrogen-bond donors (Lipinski definition) is 2. The number of rotatable bonds is 5. The summed E-state index contributed by atoms with van der Waals surface area (Å²) in [7, 11) is 0. The van der Waals surface area contributed by atoms with Crippen LogP contribution in [0.5, 0.6) is 0 Å². The Morgan fingerprint density at radius 3 is 2.36 bits per heavy atom. The van der Waals surface area contributed by atoms with Crippen molar-refractivity contribution in [1.82, 2.24) is 20.5 Å². The molecule has 1 atom stereocenters. The molecule has 2 aliphatic heterocycles. The van der Waals surface area contributed by atoms with Crippen LogP contribution in [0.2, 0.25) is 5.02 Å². The fourth-order valence-electron chi connectivity index (χ4n) is 7.10. The number of fused-ring (bicyclic) bond motifs is 1. The number of nitrogens with one attached hydrogen (secondary N) is 2. The monoisotopic (exact) mass is 585 g/mol. The van der Waals surface area contributed by atoms with E-state index in [1.165, 1.54) is 11.3 Å². The number of hydrogen-bond acceptors (Lipinski definition) is 4. The van der Waals surface area contributed by atoms with Crippen LogP contribution in [0.4, 0.5) is 10.5 Å². The Balaban J connectivity index is 1.08. The molecule has 1 spiro atoms. The number of amides is 3. The number of likely N-dealkylation sites (tertiary alicyclic amines) is 1. The SMILES string of the molecule is CC1(C)Cc2ccc(C(=O)N3CCC4(CC3)CCN(c3ccncc3)CC4)cc2C1NC(=O)NCc1ccccc1Cl. The zero-order valence-corrected chi connectivity index (χ0v) is 25.3. The van der Waals surface area contributed by atoms with Gasteiger partial charge in [0.05, 0.1) is 6.04 Å². The van der Waals surface area contributed by atoms with E-state index in [0.717, 1.165) is 69.4 Å². The van der Waals surface area contributed by atoms with Crippen molar-refractivity contribution >= 4 is 29.2 Å². The minimum Gasteiger partial charge on any atom is -0.371 e. The zero-order valence-electron chi connectivity index (χ0n) is 24.5. The first-order valence-electron chi connectivity index (χ1n) is 15.1. The molecule has 1 unspecified atom stereocenters. The van der Waals surface area contributed by atoms with Gasteiger partial charge >= 0.3 is 6.03 Å². The summed E-state index contributed by atoms with van der Waals surface area (Å²) >= 11 is 6.26. The Bertz CT molecular complexity index is 1440. The summed E-state index contributed by atoms with van der Waals surface area (Å²) in [4.78, 5) is 35.3. The minimum absolute atomic E-state index is 0.0912. The highest BCUT2D eigenvalue weighted by Crippen LogP contribution is 2.46. The van der Waals surface area contributed by atoms with Gasteiger partial charge in [0, 0.05) is 61.4 Å². The van der Waals surface area contributed by atoms with Gasteiger partial charge in [-0.1, -0.05) is 49.7 Å². The number of benzene rings is 2. The lowest BCUT2D eigenvalue weighted by molar-refractivity contribution is 0.0515. The molecule has 0 radical (unpaired) electrons. The van der Waals surface area contributed by atoms with Crippen molar-refractivity contribution in [3.05, 3.63) is 94.3 Å². The second-order valence-corrected chi connectivity index (χ2v) is 13.3. The zero-order chi connectivity index (χ0) is 29.3. The number of halogens is 1. The van der Waals surface area contributed by atoms with E-state index in [0.29, 0.717) is 22.5 Å². The van der Waals surface area contributed by atoms with Crippen LogP contribution in [-0.2, 0) is 13.0 Å². The third-order valence-corrected chi connectivity index (χ3v) is 10.1. The molecule has 8 heteroatoms. The van der Waals surface area contributed by atoms with Gasteiger partial charge in [-0.3, -0.25) is 9.78 Å². The Kier molecular flexibility index (Phi) is 7.88. The molecule has 2 N–H and O–H groups in total. The van der Waals surface area contributed by atoms with Gasteiger partial charge < -0.3 is 20.4 Å². The predicted octanol–water partition coefficient (Wildman–Crippen LogP) is 6.38. The van der Waals surface area contributed by atoms with Crippen LogP contribution in [-0.4, -0.2) is 48.0 Å². The van der Waals surface area contributed by atoms with Crippen molar-refractivity contribution in [3.8, 4) is 0 Å². The average Bonchev–Trinajstić information content (AvgIpc) is 3.26. The second kappa shape index (κ2) is 11.6. The molecule has 6 rings (SSSR count). The molecular formula is C34H40ClN5O2. The van der Waals surface area contributed by atoms with E-state index in [-0.39, 0.29) is 23.4 Å². The maximum absolute atomic E-state index is 13.7. The molecule has 0 bridgehead atoms. The van der Waals surface area contributed by atoms with Crippen LogP contribution in [0.3, 0.4) is 0 Å². The van der Waals surface area contributed by atoms with Crippen molar-refractivity contribution in [2.45, 2.75) is 58.5 Å². The quantitative estimate of drug-likeness (QED) is 0.364. The first-order chi connectivity index (χ1) is 20.2. The van der Waals surface area contributed by atoms with E-state index in [1.54, 1.807) is 0 Å². The maximum atomic E-state index is 13.7. The van der Waals surface area contributed by atoms with Gasteiger partial charge in [0.15, 0.2) is 0 Å². The summed E-state index contributed by atoms with van der Waals surface area (Å²) in [6.45, 7) is 8.38. The van der Waals surface area contributed by atoms with Gasteiger partial charge in [-0.05, 0) is 90.0 Å². The highest BCUT2D eigenvalue weighted by Gasteiger charge is 2.41. The molecule has 3 aliphatic rings. The van der Waals surface area contributed by atoms with Crippen LogP contribution >= 0.6 is 11.6 Å². The molecule has 7 nitrogen and oxygen atoms in total. The van der Waals surface area contributed by atoms with Crippen molar-refractivity contribution in [2.75, 3.05) is 31.1 Å². The van der Waals surface area contributed by atoms with Gasteiger partial charge in [-0.15, -0.1) is 0 Å². The summed E-state index contributed by atoms with van der Waals surface area (Å²) < 4.78 is 0. The summed E-state index contributed by atoms with van der Waals surface area (Å²) in [5, 5.41) is 6.77. The van der Waals surface area contributed by atoms with E-state index < -0.39 is 0 Å². The molecule has 3 heterocycles. The molecular weight excluding hydrogens is 546 g/mol.